The maximum atomic E-state index is 14.5. The maximum Gasteiger partial charge on any atom is 0.445 e. The molecule has 0 fully saturated rings. The van der Waals surface area contributed by atoms with Crippen LogP contribution >= 0.6 is 24.4 Å². The Morgan fingerprint density at radius 2 is 1.52 bits per heavy atom. The van der Waals surface area contributed by atoms with Gasteiger partial charge in [-0.25, -0.2) is 28.3 Å². The first kappa shape index (κ1) is 48.0. The smallest absolute Gasteiger partial charge is 0.445 e. The zero-order chi connectivity index (χ0) is 46.1. The number of rotatable bonds is 20. The molecule has 0 saturated carbocycles. The molecule has 10 N–H and O–H groups in total. The number of nitrogens with two attached hydrogens (primary N) is 2. The van der Waals surface area contributed by atoms with Crippen molar-refractivity contribution in [3.63, 3.8) is 0 Å². The van der Waals surface area contributed by atoms with E-state index in [1.807, 2.05) is 0 Å². The second-order valence-corrected chi connectivity index (χ2v) is 17.6. The van der Waals surface area contributed by atoms with Crippen LogP contribution in [0.25, 0.3) is 5.95 Å². The van der Waals surface area contributed by atoms with Crippen LogP contribution in [0.1, 0.15) is 10.4 Å². The standard InChI is InChI=1S/C29H24FN11O17S5/c30-27-34-28(36-29(35-27)41-7-1-2-14(13-41)26(42)43)33-15-3-6-20(59-57-55-44)18(10-15)38-40-25-23(31)19(12-22(24(25)32)63(51,52)53)39-37-17-5-4-16(11-21(17)62(48,49)50)61(46,47)9-8-54-60-58-56-45/h1-7,10-13H,8-9,31-32H2,(H5-,33,34,35,36,42,43,44,45,48,49,50,51,52,53)/p+1. The highest BCUT2D eigenvalue weighted by Crippen LogP contribution is 2.44. The number of azo groups is 2. The molecule has 3 aromatic carbocycles. The summed E-state index contributed by atoms with van der Waals surface area (Å²) in [6, 6.07) is 9.34. The van der Waals surface area contributed by atoms with Gasteiger partial charge in [-0.3, -0.25) is 13.3 Å². The molecule has 0 spiro atoms. The van der Waals surface area contributed by atoms with Crippen LogP contribution in [-0.4, -0.2) is 83.3 Å². The minimum atomic E-state index is -5.24. The number of carboxylic acid groups (broad SMARTS) is 1. The first-order valence-corrected chi connectivity index (χ1v) is 22.0. The van der Waals surface area contributed by atoms with Crippen LogP contribution < -0.4 is 21.4 Å². The third kappa shape index (κ3) is 12.6. The number of nitrogens with one attached hydrogen (secondary N) is 1. The van der Waals surface area contributed by atoms with Crippen molar-refractivity contribution >= 4 is 106 Å². The summed E-state index contributed by atoms with van der Waals surface area (Å²) in [5.74, 6) is -2.76. The molecule has 2 heterocycles. The number of nitrogen functional groups attached to an aromatic ring is 2. The number of carboxylic acids is 1. The predicted molar refractivity (Wildman–Crippen MR) is 209 cm³/mol. The number of anilines is 4. The molecule has 5 rings (SSSR count). The average molecular weight is 979 g/mol. The van der Waals surface area contributed by atoms with Crippen LogP contribution in [0.4, 0.5) is 50.2 Å². The monoisotopic (exact) mass is 978 g/mol. The molecule has 0 bridgehead atoms. The fourth-order valence-electron chi connectivity index (χ4n) is 4.75. The molecule has 0 aliphatic heterocycles. The van der Waals surface area contributed by atoms with E-state index in [9.17, 15) is 48.7 Å². The number of hydrogen-bond donors (Lipinski definition) is 8. The molecule has 63 heavy (non-hydrogen) atoms. The molecule has 2 aromatic heterocycles. The zero-order valence-electron chi connectivity index (χ0n) is 30.6. The highest BCUT2D eigenvalue weighted by atomic mass is 32.2. The number of hydrogen-bond acceptors (Lipinski definition) is 26. The Morgan fingerprint density at radius 1 is 0.825 bits per heavy atom. The second-order valence-electron chi connectivity index (χ2n) is 11.5. The maximum absolute atomic E-state index is 14.5. The lowest BCUT2D eigenvalue weighted by Crippen LogP contribution is -2.34. The van der Waals surface area contributed by atoms with Crippen molar-refractivity contribution in [2.24, 2.45) is 20.5 Å². The molecule has 334 valence electrons. The van der Waals surface area contributed by atoms with Gasteiger partial charge in [-0.15, -0.1) is 38.5 Å². The van der Waals surface area contributed by atoms with Crippen LogP contribution in [0.15, 0.2) is 107 Å². The second kappa shape index (κ2) is 20.5. The Kier molecular flexibility index (Phi) is 15.6. The van der Waals surface area contributed by atoms with Crippen LogP contribution in [0, 0.1) is 6.08 Å². The van der Waals surface area contributed by atoms with Crippen molar-refractivity contribution in [2.75, 3.05) is 29.1 Å². The molecular formula is C29H25FN11O17S5+. The quantitative estimate of drug-likeness (QED) is 0.00781. The number of sulfone groups is 1. The molecular weight excluding hydrogens is 954 g/mol. The number of aromatic nitrogens is 4. The van der Waals surface area contributed by atoms with Gasteiger partial charge in [0.05, 0.1) is 63.5 Å². The Hall–Kier alpha value is -5.99. The minimum Gasteiger partial charge on any atom is -0.478 e. The molecule has 0 radical (unpaired) electrons. The van der Waals surface area contributed by atoms with E-state index in [0.717, 1.165) is 22.9 Å². The number of halogens is 1. The van der Waals surface area contributed by atoms with Gasteiger partial charge < -0.3 is 21.9 Å². The first-order valence-electron chi connectivity index (χ1n) is 16.1. The lowest BCUT2D eigenvalue weighted by Gasteiger charge is -2.11. The van der Waals surface area contributed by atoms with Crippen molar-refractivity contribution in [1.29, 1.82) is 0 Å². The molecule has 0 atom stereocenters. The summed E-state index contributed by atoms with van der Waals surface area (Å²) in [6.07, 6.45) is 1.20. The van der Waals surface area contributed by atoms with Gasteiger partial charge in [0.15, 0.2) is 22.2 Å². The molecule has 34 heteroatoms. The Bertz CT molecular complexity index is 2950. The molecule has 28 nitrogen and oxygen atoms in total. The van der Waals surface area contributed by atoms with Gasteiger partial charge >= 0.3 is 23.9 Å². The van der Waals surface area contributed by atoms with E-state index < -0.39 is 104 Å². The summed E-state index contributed by atoms with van der Waals surface area (Å²) < 4.78 is 124. The molecule has 5 aromatic rings. The topological polar surface area (TPSA) is 423 Å². The number of aromatic carboxylic acids is 1. The first-order chi connectivity index (χ1) is 29.7. The highest BCUT2D eigenvalue weighted by molar-refractivity contribution is 7.94. The fourth-order valence-corrected chi connectivity index (χ4v) is 7.95. The number of pyridine rings is 1. The lowest BCUT2D eigenvalue weighted by molar-refractivity contribution is -0.604. The third-order valence-corrected chi connectivity index (χ3v) is 12.0. The molecule has 0 unspecified atom stereocenters. The number of nitrogens with zero attached hydrogens (tertiary/aromatic N) is 8. The summed E-state index contributed by atoms with van der Waals surface area (Å²) in [4.78, 5) is 19.9. The van der Waals surface area contributed by atoms with Gasteiger partial charge in [0.25, 0.3) is 20.2 Å². The number of benzene rings is 3. The van der Waals surface area contributed by atoms with E-state index in [0.29, 0.717) is 24.2 Å². The van der Waals surface area contributed by atoms with E-state index in [-0.39, 0.29) is 40.1 Å². The van der Waals surface area contributed by atoms with E-state index in [4.69, 9.17) is 26.2 Å². The van der Waals surface area contributed by atoms with Gasteiger partial charge in [-0.2, -0.15) is 16.8 Å². The van der Waals surface area contributed by atoms with Crippen LogP contribution in [-0.2, 0) is 53.0 Å². The van der Waals surface area contributed by atoms with Gasteiger partial charge in [0.1, 0.15) is 32.5 Å². The van der Waals surface area contributed by atoms with Crippen molar-refractivity contribution in [2.45, 2.75) is 19.6 Å². The van der Waals surface area contributed by atoms with E-state index in [2.05, 4.69) is 59.5 Å². The largest absolute Gasteiger partial charge is 0.478 e. The average Bonchev–Trinajstić information content (AvgIpc) is 3.22. The summed E-state index contributed by atoms with van der Waals surface area (Å²) >= 11 is 0.451. The Balaban J connectivity index is 1.53. The lowest BCUT2D eigenvalue weighted by atomic mass is 10.2. The van der Waals surface area contributed by atoms with Gasteiger partial charge in [0.2, 0.25) is 0 Å². The van der Waals surface area contributed by atoms with Gasteiger partial charge in [-0.05, 0) is 64.6 Å². The summed E-state index contributed by atoms with van der Waals surface area (Å²) in [6.45, 7) is -0.547. The molecule has 0 amide bonds. The van der Waals surface area contributed by atoms with E-state index in [1.54, 1.807) is 0 Å². The molecule has 0 saturated heterocycles. The Morgan fingerprint density at radius 3 is 2.21 bits per heavy atom. The van der Waals surface area contributed by atoms with Crippen molar-refractivity contribution in [1.82, 2.24) is 15.0 Å². The fraction of sp³-hybridized carbons (Fsp3) is 0.0690. The number of carbonyl (C=O) groups is 1. The van der Waals surface area contributed by atoms with E-state index >= 15 is 0 Å². The predicted octanol–water partition coefficient (Wildman–Crippen LogP) is 4.42. The van der Waals surface area contributed by atoms with E-state index in [1.165, 1.54) is 36.5 Å². The third-order valence-electron chi connectivity index (χ3n) is 7.47. The van der Waals surface area contributed by atoms with Gasteiger partial charge in [-0.1, -0.05) is 10.1 Å². The van der Waals surface area contributed by atoms with Crippen LogP contribution in [0.3, 0.4) is 0 Å². The summed E-state index contributed by atoms with van der Waals surface area (Å²) in [5, 5.41) is 51.1. The zero-order valence-corrected chi connectivity index (χ0v) is 34.6. The van der Waals surface area contributed by atoms with Crippen molar-refractivity contribution in [3.8, 4) is 5.95 Å². The molecule has 0 aliphatic rings. The SMILES string of the molecule is Nc1c(N=Nc2ccc(S(=O)(=O)CCOSOOO)cc2S(=O)(=O)O)cc(S(=O)(=O)O)c(N)c1N=Nc1cc(Nc2nc(F)nc(-[n+]3cccc(C(=O)O)c3)n2)ccc1SOOO. The minimum absolute atomic E-state index is 0.0184. The van der Waals surface area contributed by atoms with Crippen LogP contribution in [0.5, 0.6) is 0 Å². The van der Waals surface area contributed by atoms with Gasteiger partial charge in [0, 0.05) is 5.69 Å². The van der Waals surface area contributed by atoms with Crippen molar-refractivity contribution < 1.29 is 86.7 Å². The summed E-state index contributed by atoms with van der Waals surface area (Å²) in [5.41, 5.74) is 8.53. The Labute approximate surface area is 360 Å². The highest BCUT2D eigenvalue weighted by Gasteiger charge is 2.25. The molecule has 0 aliphatic carbocycles. The normalized spacial score (nSPS) is 12.3. The van der Waals surface area contributed by atoms with Crippen LogP contribution in [0.2, 0.25) is 0 Å². The summed E-state index contributed by atoms with van der Waals surface area (Å²) in [7, 11) is -14.7. The van der Waals surface area contributed by atoms with Crippen molar-refractivity contribution in [3.05, 3.63) is 78.6 Å².